The second-order valence-corrected chi connectivity index (χ2v) is 4.48. The van der Waals surface area contributed by atoms with Gasteiger partial charge in [-0.1, -0.05) is 6.92 Å². The van der Waals surface area contributed by atoms with Crippen LogP contribution < -0.4 is 5.32 Å². The lowest BCUT2D eigenvalue weighted by molar-refractivity contribution is -0.130. The van der Waals surface area contributed by atoms with Gasteiger partial charge in [0.15, 0.2) is 0 Å². The summed E-state index contributed by atoms with van der Waals surface area (Å²) in [6.07, 6.45) is 2.07. The largest absolute Gasteiger partial charge is 0.385 e. The molecule has 2 amide bonds. The Bertz CT molecular complexity index is 257. The first-order valence-electron chi connectivity index (χ1n) is 6.55. The number of hydrogen-bond acceptors (Lipinski definition) is 3. The summed E-state index contributed by atoms with van der Waals surface area (Å²) in [6, 6.07) is 0.191. The van der Waals surface area contributed by atoms with Gasteiger partial charge >= 0.3 is 0 Å². The van der Waals surface area contributed by atoms with Gasteiger partial charge in [0.05, 0.1) is 0 Å². The molecule has 0 radical (unpaired) electrons. The zero-order valence-electron chi connectivity index (χ0n) is 12.0. The van der Waals surface area contributed by atoms with E-state index in [2.05, 4.69) is 5.32 Å². The van der Waals surface area contributed by atoms with Crippen molar-refractivity contribution in [3.63, 3.8) is 0 Å². The fourth-order valence-electron chi connectivity index (χ4n) is 1.51. The van der Waals surface area contributed by atoms with Crippen molar-refractivity contribution in [2.45, 2.75) is 46.1 Å². The average Bonchev–Trinajstić information content (AvgIpc) is 2.32. The normalized spacial score (nSPS) is 12.0. The molecule has 0 rings (SSSR count). The third-order valence-corrected chi connectivity index (χ3v) is 2.85. The predicted molar refractivity (Wildman–Crippen MR) is 71.3 cm³/mol. The molecule has 18 heavy (non-hydrogen) atoms. The van der Waals surface area contributed by atoms with Gasteiger partial charge in [-0.25, -0.2) is 0 Å². The maximum absolute atomic E-state index is 11.6. The molecule has 0 bridgehead atoms. The Morgan fingerprint density at radius 1 is 1.33 bits per heavy atom. The third-order valence-electron chi connectivity index (χ3n) is 2.85. The minimum Gasteiger partial charge on any atom is -0.385 e. The SMILES string of the molecule is CCC(C)NC(=O)CCN(CCCOC)C(C)=O. The highest BCUT2D eigenvalue weighted by Gasteiger charge is 2.11. The summed E-state index contributed by atoms with van der Waals surface area (Å²) in [4.78, 5) is 24.7. The van der Waals surface area contributed by atoms with E-state index >= 15 is 0 Å². The van der Waals surface area contributed by atoms with Gasteiger partial charge in [-0.15, -0.1) is 0 Å². The summed E-state index contributed by atoms with van der Waals surface area (Å²) in [5, 5.41) is 2.89. The van der Waals surface area contributed by atoms with E-state index in [9.17, 15) is 9.59 Å². The maximum atomic E-state index is 11.6. The van der Waals surface area contributed by atoms with Crippen LogP contribution in [0.25, 0.3) is 0 Å². The fourth-order valence-corrected chi connectivity index (χ4v) is 1.51. The van der Waals surface area contributed by atoms with Crippen LogP contribution in [-0.4, -0.2) is 49.6 Å². The molecule has 106 valence electrons. The topological polar surface area (TPSA) is 58.6 Å². The van der Waals surface area contributed by atoms with Gasteiger partial charge in [0.2, 0.25) is 11.8 Å². The molecular weight excluding hydrogens is 232 g/mol. The van der Waals surface area contributed by atoms with Crippen molar-refractivity contribution in [2.75, 3.05) is 26.8 Å². The van der Waals surface area contributed by atoms with Gasteiger partial charge in [0.25, 0.3) is 0 Å². The minimum atomic E-state index is 0.00217. The van der Waals surface area contributed by atoms with Crippen molar-refractivity contribution in [3.05, 3.63) is 0 Å². The second-order valence-electron chi connectivity index (χ2n) is 4.48. The van der Waals surface area contributed by atoms with Gasteiger partial charge in [0, 0.05) is 46.2 Å². The van der Waals surface area contributed by atoms with Crippen LogP contribution in [0.5, 0.6) is 0 Å². The van der Waals surface area contributed by atoms with E-state index in [1.165, 1.54) is 6.92 Å². The lowest BCUT2D eigenvalue weighted by atomic mass is 10.2. The molecule has 0 spiro atoms. The molecule has 0 saturated carbocycles. The quantitative estimate of drug-likeness (QED) is 0.632. The minimum absolute atomic E-state index is 0.00217. The molecule has 0 heterocycles. The summed E-state index contributed by atoms with van der Waals surface area (Å²) in [5.74, 6) is 0.00443. The molecule has 1 unspecified atom stereocenters. The van der Waals surface area contributed by atoms with E-state index < -0.39 is 0 Å². The zero-order valence-corrected chi connectivity index (χ0v) is 12.0. The third kappa shape index (κ3) is 8.06. The number of methoxy groups -OCH3 is 1. The van der Waals surface area contributed by atoms with Crippen LogP contribution in [0.4, 0.5) is 0 Å². The summed E-state index contributed by atoms with van der Waals surface area (Å²) in [7, 11) is 1.64. The maximum Gasteiger partial charge on any atom is 0.221 e. The molecule has 5 heteroatoms. The number of ether oxygens (including phenoxy) is 1. The van der Waals surface area contributed by atoms with Gasteiger partial charge in [0.1, 0.15) is 0 Å². The molecule has 1 atom stereocenters. The second kappa shape index (κ2) is 9.88. The zero-order chi connectivity index (χ0) is 14.0. The number of hydrogen-bond donors (Lipinski definition) is 1. The summed E-state index contributed by atoms with van der Waals surface area (Å²) >= 11 is 0. The Kier molecular flexibility index (Phi) is 9.28. The average molecular weight is 258 g/mol. The molecule has 0 aromatic heterocycles. The van der Waals surface area contributed by atoms with Crippen LogP contribution >= 0.6 is 0 Å². The van der Waals surface area contributed by atoms with Gasteiger partial charge in [-0.2, -0.15) is 0 Å². The molecule has 0 fully saturated rings. The van der Waals surface area contributed by atoms with Crippen molar-refractivity contribution < 1.29 is 14.3 Å². The molecule has 0 saturated heterocycles. The van der Waals surface area contributed by atoms with Crippen molar-refractivity contribution in [1.29, 1.82) is 0 Å². The number of rotatable bonds is 9. The Morgan fingerprint density at radius 2 is 2.00 bits per heavy atom. The summed E-state index contributed by atoms with van der Waals surface area (Å²) in [6.45, 7) is 7.26. The number of amides is 2. The molecule has 0 aromatic rings. The van der Waals surface area contributed by atoms with Crippen LogP contribution in [-0.2, 0) is 14.3 Å². The van der Waals surface area contributed by atoms with Crippen LogP contribution in [0, 0.1) is 0 Å². The van der Waals surface area contributed by atoms with Crippen LogP contribution in [0.1, 0.15) is 40.0 Å². The van der Waals surface area contributed by atoms with E-state index in [0.29, 0.717) is 26.1 Å². The highest BCUT2D eigenvalue weighted by molar-refractivity contribution is 5.78. The lowest BCUT2D eigenvalue weighted by Crippen LogP contribution is -2.37. The van der Waals surface area contributed by atoms with Crippen molar-refractivity contribution in [2.24, 2.45) is 0 Å². The van der Waals surface area contributed by atoms with E-state index in [-0.39, 0.29) is 17.9 Å². The fraction of sp³-hybridized carbons (Fsp3) is 0.846. The first kappa shape index (κ1) is 16.9. The first-order chi connectivity index (χ1) is 8.51. The van der Waals surface area contributed by atoms with E-state index in [1.807, 2.05) is 13.8 Å². The van der Waals surface area contributed by atoms with Gasteiger partial charge < -0.3 is 15.0 Å². The Balaban J connectivity index is 3.95. The molecule has 1 N–H and O–H groups in total. The van der Waals surface area contributed by atoms with Crippen LogP contribution in [0.2, 0.25) is 0 Å². The molecule has 0 aliphatic rings. The van der Waals surface area contributed by atoms with Crippen molar-refractivity contribution in [3.8, 4) is 0 Å². The highest BCUT2D eigenvalue weighted by atomic mass is 16.5. The van der Waals surface area contributed by atoms with E-state index in [1.54, 1.807) is 12.0 Å². The number of nitrogens with zero attached hydrogens (tertiary/aromatic N) is 1. The summed E-state index contributed by atoms with van der Waals surface area (Å²) in [5.41, 5.74) is 0. The van der Waals surface area contributed by atoms with E-state index in [0.717, 1.165) is 12.8 Å². The smallest absolute Gasteiger partial charge is 0.221 e. The Labute approximate surface area is 110 Å². The molecule has 0 aliphatic carbocycles. The first-order valence-corrected chi connectivity index (χ1v) is 6.55. The number of carbonyl (C=O) groups is 2. The predicted octanol–water partition coefficient (Wildman–Crippen LogP) is 1.18. The van der Waals surface area contributed by atoms with Gasteiger partial charge in [-0.05, 0) is 19.8 Å². The standard InChI is InChI=1S/C13H26N2O3/c1-5-11(2)14-13(17)7-9-15(12(3)16)8-6-10-18-4/h11H,5-10H2,1-4H3,(H,14,17). The molecule has 0 aliphatic heterocycles. The van der Waals surface area contributed by atoms with Gasteiger partial charge in [-0.3, -0.25) is 9.59 Å². The number of carbonyl (C=O) groups excluding carboxylic acids is 2. The lowest BCUT2D eigenvalue weighted by Gasteiger charge is -2.21. The Hall–Kier alpha value is -1.10. The van der Waals surface area contributed by atoms with Crippen molar-refractivity contribution >= 4 is 11.8 Å². The van der Waals surface area contributed by atoms with E-state index in [4.69, 9.17) is 4.74 Å². The highest BCUT2D eigenvalue weighted by Crippen LogP contribution is 1.97. The van der Waals surface area contributed by atoms with Crippen LogP contribution in [0.3, 0.4) is 0 Å². The molecule has 5 nitrogen and oxygen atoms in total. The van der Waals surface area contributed by atoms with Crippen molar-refractivity contribution in [1.82, 2.24) is 10.2 Å². The Morgan fingerprint density at radius 3 is 2.50 bits per heavy atom. The monoisotopic (exact) mass is 258 g/mol. The summed E-state index contributed by atoms with van der Waals surface area (Å²) < 4.78 is 4.95. The molecule has 0 aromatic carbocycles. The molecular formula is C13H26N2O3. The van der Waals surface area contributed by atoms with Crippen LogP contribution in [0.15, 0.2) is 0 Å². The number of nitrogens with one attached hydrogen (secondary N) is 1.